The van der Waals surface area contributed by atoms with Crippen LogP contribution in [-0.4, -0.2) is 20.3 Å². The second kappa shape index (κ2) is 7.07. The number of methoxy groups -OCH3 is 1. The minimum Gasteiger partial charge on any atom is -0.491 e. The number of hydrogen-bond donors (Lipinski definition) is 0. The van der Waals surface area contributed by atoms with Crippen LogP contribution in [0.4, 0.5) is 0 Å². The Kier molecular flexibility index (Phi) is 5.65. The van der Waals surface area contributed by atoms with Crippen LogP contribution < -0.4 is 4.74 Å². The Bertz CT molecular complexity index is 312. The normalized spacial score (nSPS) is 11.2. The fourth-order valence-corrected chi connectivity index (χ4v) is 1.22. The fraction of sp³-hybridized carbons (Fsp3) is 0.429. The Labute approximate surface area is 97.9 Å². The van der Waals surface area contributed by atoms with Crippen molar-refractivity contribution in [1.29, 1.82) is 0 Å². The van der Waals surface area contributed by atoms with E-state index in [0.29, 0.717) is 19.1 Å². The zero-order chi connectivity index (χ0) is 11.8. The van der Waals surface area contributed by atoms with Crippen LogP contribution in [0, 0.1) is 5.92 Å². The smallest absolute Gasteiger partial charge is 0.119 e. The van der Waals surface area contributed by atoms with Gasteiger partial charge in [0, 0.05) is 7.11 Å². The largest absolute Gasteiger partial charge is 0.491 e. The first-order valence-corrected chi connectivity index (χ1v) is 5.62. The molecule has 1 aromatic carbocycles. The van der Waals surface area contributed by atoms with Gasteiger partial charge in [0.05, 0.1) is 6.61 Å². The second-order valence-electron chi connectivity index (χ2n) is 4.01. The van der Waals surface area contributed by atoms with Gasteiger partial charge in [0.1, 0.15) is 12.4 Å². The number of allylic oxidation sites excluding steroid dienone is 1. The minimum absolute atomic E-state index is 0.581. The lowest BCUT2D eigenvalue weighted by Gasteiger charge is -2.05. The molecule has 0 aliphatic rings. The Hall–Kier alpha value is -1.28. The predicted octanol–water partition coefficient (Wildman–Crippen LogP) is 3.38. The van der Waals surface area contributed by atoms with E-state index in [2.05, 4.69) is 38.1 Å². The van der Waals surface area contributed by atoms with Crippen molar-refractivity contribution in [1.82, 2.24) is 0 Å². The van der Waals surface area contributed by atoms with Gasteiger partial charge >= 0.3 is 0 Å². The maximum atomic E-state index is 5.48. The molecule has 1 aromatic rings. The van der Waals surface area contributed by atoms with Gasteiger partial charge in [-0.25, -0.2) is 0 Å². The Morgan fingerprint density at radius 3 is 2.38 bits per heavy atom. The van der Waals surface area contributed by atoms with Crippen LogP contribution >= 0.6 is 0 Å². The van der Waals surface area contributed by atoms with Crippen LogP contribution in [0.5, 0.6) is 5.75 Å². The molecule has 0 fully saturated rings. The summed E-state index contributed by atoms with van der Waals surface area (Å²) in [6.07, 6.45) is 4.31. The molecule has 0 bridgehead atoms. The number of hydrogen-bond acceptors (Lipinski definition) is 2. The van der Waals surface area contributed by atoms with Crippen molar-refractivity contribution in [2.24, 2.45) is 5.92 Å². The molecule has 0 saturated heterocycles. The summed E-state index contributed by atoms with van der Waals surface area (Å²) in [4.78, 5) is 0. The maximum Gasteiger partial charge on any atom is 0.119 e. The Morgan fingerprint density at radius 2 is 1.81 bits per heavy atom. The van der Waals surface area contributed by atoms with Crippen molar-refractivity contribution in [3.8, 4) is 5.75 Å². The highest BCUT2D eigenvalue weighted by Crippen LogP contribution is 2.13. The van der Waals surface area contributed by atoms with Crippen LogP contribution in [0.3, 0.4) is 0 Å². The molecule has 0 amide bonds. The van der Waals surface area contributed by atoms with Crippen molar-refractivity contribution in [3.63, 3.8) is 0 Å². The summed E-state index contributed by atoms with van der Waals surface area (Å²) in [5.41, 5.74) is 1.20. The van der Waals surface area contributed by atoms with E-state index in [1.54, 1.807) is 7.11 Å². The quantitative estimate of drug-likeness (QED) is 0.684. The van der Waals surface area contributed by atoms with Crippen molar-refractivity contribution in [3.05, 3.63) is 35.9 Å². The van der Waals surface area contributed by atoms with E-state index in [9.17, 15) is 0 Å². The van der Waals surface area contributed by atoms with Gasteiger partial charge in [0.25, 0.3) is 0 Å². The van der Waals surface area contributed by atoms with Gasteiger partial charge in [0.2, 0.25) is 0 Å². The second-order valence-corrected chi connectivity index (χ2v) is 4.01. The van der Waals surface area contributed by atoms with E-state index >= 15 is 0 Å². The molecule has 0 heterocycles. The van der Waals surface area contributed by atoms with Gasteiger partial charge in [-0.1, -0.05) is 38.1 Å². The van der Waals surface area contributed by atoms with E-state index in [4.69, 9.17) is 9.47 Å². The molecule has 0 unspecified atom stereocenters. The summed E-state index contributed by atoms with van der Waals surface area (Å²) >= 11 is 0. The highest BCUT2D eigenvalue weighted by molar-refractivity contribution is 5.50. The minimum atomic E-state index is 0.581. The molecular formula is C14H20O2. The van der Waals surface area contributed by atoms with Gasteiger partial charge in [0.15, 0.2) is 0 Å². The molecule has 16 heavy (non-hydrogen) atoms. The molecule has 0 saturated carbocycles. The zero-order valence-electron chi connectivity index (χ0n) is 10.3. The lowest BCUT2D eigenvalue weighted by atomic mass is 10.1. The highest BCUT2D eigenvalue weighted by atomic mass is 16.5. The molecule has 2 nitrogen and oxygen atoms in total. The molecule has 0 N–H and O–H groups in total. The Morgan fingerprint density at radius 1 is 1.12 bits per heavy atom. The van der Waals surface area contributed by atoms with Gasteiger partial charge in [-0.3, -0.25) is 0 Å². The molecule has 0 aromatic heterocycles. The maximum absolute atomic E-state index is 5.48. The standard InChI is InChI=1S/C14H20O2/c1-12(2)4-5-13-6-8-14(9-7-13)16-11-10-15-3/h4-9,12H,10-11H2,1-3H3/b5-4+. The molecule has 1 rings (SSSR count). The summed E-state index contributed by atoms with van der Waals surface area (Å²) < 4.78 is 10.4. The monoisotopic (exact) mass is 220 g/mol. The molecule has 0 spiro atoms. The molecular weight excluding hydrogens is 200 g/mol. The third kappa shape index (κ3) is 4.99. The van der Waals surface area contributed by atoms with Gasteiger partial charge in [-0.05, 0) is 23.6 Å². The van der Waals surface area contributed by atoms with Gasteiger partial charge in [-0.2, -0.15) is 0 Å². The van der Waals surface area contributed by atoms with Gasteiger partial charge < -0.3 is 9.47 Å². The van der Waals surface area contributed by atoms with E-state index < -0.39 is 0 Å². The van der Waals surface area contributed by atoms with Crippen LogP contribution in [-0.2, 0) is 4.74 Å². The third-order valence-electron chi connectivity index (χ3n) is 2.11. The molecule has 2 heteroatoms. The van der Waals surface area contributed by atoms with Crippen LogP contribution in [0.1, 0.15) is 19.4 Å². The summed E-state index contributed by atoms with van der Waals surface area (Å²) in [5, 5.41) is 0. The lowest BCUT2D eigenvalue weighted by Crippen LogP contribution is -2.03. The van der Waals surface area contributed by atoms with Crippen LogP contribution in [0.2, 0.25) is 0 Å². The third-order valence-corrected chi connectivity index (χ3v) is 2.11. The van der Waals surface area contributed by atoms with Crippen molar-refractivity contribution < 1.29 is 9.47 Å². The highest BCUT2D eigenvalue weighted by Gasteiger charge is 1.93. The molecule has 0 atom stereocenters. The van der Waals surface area contributed by atoms with Crippen molar-refractivity contribution in [2.75, 3.05) is 20.3 Å². The lowest BCUT2D eigenvalue weighted by molar-refractivity contribution is 0.146. The summed E-state index contributed by atoms with van der Waals surface area (Å²) in [6, 6.07) is 8.08. The van der Waals surface area contributed by atoms with E-state index in [-0.39, 0.29) is 0 Å². The number of rotatable bonds is 6. The number of benzene rings is 1. The van der Waals surface area contributed by atoms with E-state index in [0.717, 1.165) is 5.75 Å². The average molecular weight is 220 g/mol. The molecule has 0 radical (unpaired) electrons. The van der Waals surface area contributed by atoms with Crippen molar-refractivity contribution in [2.45, 2.75) is 13.8 Å². The average Bonchev–Trinajstić information content (AvgIpc) is 2.28. The Balaban J connectivity index is 2.47. The number of ether oxygens (including phenoxy) is 2. The van der Waals surface area contributed by atoms with Crippen LogP contribution in [0.15, 0.2) is 30.3 Å². The summed E-state index contributed by atoms with van der Waals surface area (Å²) in [7, 11) is 1.67. The topological polar surface area (TPSA) is 18.5 Å². The first-order valence-electron chi connectivity index (χ1n) is 5.62. The molecule has 0 aliphatic carbocycles. The van der Waals surface area contributed by atoms with Gasteiger partial charge in [-0.15, -0.1) is 0 Å². The van der Waals surface area contributed by atoms with E-state index in [1.165, 1.54) is 5.56 Å². The first kappa shape index (κ1) is 12.8. The fourth-order valence-electron chi connectivity index (χ4n) is 1.22. The SMILES string of the molecule is COCCOc1ccc(/C=C/C(C)C)cc1. The first-order chi connectivity index (χ1) is 7.72. The molecule has 0 aliphatic heterocycles. The van der Waals surface area contributed by atoms with Crippen LogP contribution in [0.25, 0.3) is 6.08 Å². The molecule has 88 valence electrons. The predicted molar refractivity (Wildman–Crippen MR) is 67.7 cm³/mol. The summed E-state index contributed by atoms with van der Waals surface area (Å²) in [5.74, 6) is 1.47. The van der Waals surface area contributed by atoms with E-state index in [1.807, 2.05) is 12.1 Å². The zero-order valence-corrected chi connectivity index (χ0v) is 10.3. The van der Waals surface area contributed by atoms with Crippen molar-refractivity contribution >= 4 is 6.08 Å². The summed E-state index contributed by atoms with van der Waals surface area (Å²) in [6.45, 7) is 5.55.